The molecule has 0 aromatic rings. The summed E-state index contributed by atoms with van der Waals surface area (Å²) < 4.78 is 5.35. The molecule has 0 aromatic carbocycles. The van der Waals surface area contributed by atoms with E-state index >= 15 is 0 Å². The standard InChI is InChI=1S/C13H30N2O/c1-7-16-11-10-15(6)9-8-12(14-5)13(2,3)4/h12,14H,7-11H2,1-6H3. The molecule has 1 N–H and O–H groups in total. The van der Waals surface area contributed by atoms with Crippen molar-refractivity contribution in [2.24, 2.45) is 5.41 Å². The van der Waals surface area contributed by atoms with Crippen LogP contribution in [-0.2, 0) is 4.74 Å². The van der Waals surface area contributed by atoms with E-state index in [1.165, 1.54) is 6.42 Å². The van der Waals surface area contributed by atoms with Crippen molar-refractivity contribution in [1.29, 1.82) is 0 Å². The van der Waals surface area contributed by atoms with E-state index in [2.05, 4.69) is 45.1 Å². The molecule has 0 spiro atoms. The molecule has 0 radical (unpaired) electrons. The van der Waals surface area contributed by atoms with E-state index in [1.54, 1.807) is 0 Å². The van der Waals surface area contributed by atoms with Crippen molar-refractivity contribution < 1.29 is 4.74 Å². The first-order valence-electron chi connectivity index (χ1n) is 6.35. The van der Waals surface area contributed by atoms with Gasteiger partial charge in [0.15, 0.2) is 0 Å². The van der Waals surface area contributed by atoms with Crippen LogP contribution < -0.4 is 5.32 Å². The highest BCUT2D eigenvalue weighted by molar-refractivity contribution is 4.79. The summed E-state index contributed by atoms with van der Waals surface area (Å²) in [6, 6.07) is 0.571. The van der Waals surface area contributed by atoms with Crippen LogP contribution in [0.25, 0.3) is 0 Å². The van der Waals surface area contributed by atoms with Crippen molar-refractivity contribution >= 4 is 0 Å². The first-order chi connectivity index (χ1) is 7.41. The number of hydrogen-bond acceptors (Lipinski definition) is 3. The zero-order chi connectivity index (χ0) is 12.6. The molecule has 1 unspecified atom stereocenters. The van der Waals surface area contributed by atoms with E-state index in [9.17, 15) is 0 Å². The van der Waals surface area contributed by atoms with Gasteiger partial charge in [-0.05, 0) is 39.4 Å². The van der Waals surface area contributed by atoms with Gasteiger partial charge in [0, 0.05) is 19.2 Å². The summed E-state index contributed by atoms with van der Waals surface area (Å²) in [5, 5.41) is 3.41. The number of nitrogens with one attached hydrogen (secondary N) is 1. The first kappa shape index (κ1) is 15.9. The molecule has 0 saturated carbocycles. The molecular weight excluding hydrogens is 200 g/mol. The average molecular weight is 230 g/mol. The Labute approximate surface area is 102 Å². The number of ether oxygens (including phenoxy) is 1. The van der Waals surface area contributed by atoms with E-state index in [0.29, 0.717) is 11.5 Å². The van der Waals surface area contributed by atoms with Gasteiger partial charge in [-0.3, -0.25) is 0 Å². The number of likely N-dealkylation sites (N-methyl/N-ethyl adjacent to an activating group) is 1. The average Bonchev–Trinajstić information content (AvgIpc) is 2.17. The van der Waals surface area contributed by atoms with Crippen LogP contribution in [0.3, 0.4) is 0 Å². The lowest BCUT2D eigenvalue weighted by Crippen LogP contribution is -2.40. The SMILES string of the molecule is CCOCCN(C)CCC(NC)C(C)(C)C. The minimum absolute atomic E-state index is 0.329. The minimum Gasteiger partial charge on any atom is -0.380 e. The zero-order valence-electron chi connectivity index (χ0n) is 12.0. The predicted molar refractivity (Wildman–Crippen MR) is 70.9 cm³/mol. The largest absolute Gasteiger partial charge is 0.380 e. The molecule has 0 aliphatic rings. The highest BCUT2D eigenvalue weighted by Gasteiger charge is 2.22. The fourth-order valence-electron chi connectivity index (χ4n) is 1.84. The molecule has 0 aliphatic heterocycles. The molecule has 0 saturated heterocycles. The molecule has 16 heavy (non-hydrogen) atoms. The van der Waals surface area contributed by atoms with Crippen LogP contribution in [0, 0.1) is 5.41 Å². The van der Waals surface area contributed by atoms with E-state index in [0.717, 1.165) is 26.3 Å². The Hall–Kier alpha value is -0.120. The molecule has 0 rings (SSSR count). The van der Waals surface area contributed by atoms with Crippen molar-refractivity contribution in [3.63, 3.8) is 0 Å². The summed E-state index contributed by atoms with van der Waals surface area (Å²) in [6.45, 7) is 12.7. The summed E-state index contributed by atoms with van der Waals surface area (Å²) in [4.78, 5) is 2.34. The maximum atomic E-state index is 5.35. The molecule has 3 heteroatoms. The highest BCUT2D eigenvalue weighted by atomic mass is 16.5. The van der Waals surface area contributed by atoms with Gasteiger partial charge in [0.05, 0.1) is 6.61 Å². The lowest BCUT2D eigenvalue weighted by atomic mass is 9.85. The summed E-state index contributed by atoms with van der Waals surface area (Å²) in [5.41, 5.74) is 0.329. The molecule has 0 aromatic heterocycles. The molecule has 3 nitrogen and oxygen atoms in total. The van der Waals surface area contributed by atoms with Gasteiger partial charge in [0.2, 0.25) is 0 Å². The second-order valence-electron chi connectivity index (χ2n) is 5.50. The summed E-state index contributed by atoms with van der Waals surface area (Å²) in [6.07, 6.45) is 1.18. The van der Waals surface area contributed by atoms with Crippen molar-refractivity contribution in [2.45, 2.75) is 40.2 Å². The Morgan fingerprint density at radius 2 is 1.88 bits per heavy atom. The third-order valence-electron chi connectivity index (χ3n) is 3.01. The van der Waals surface area contributed by atoms with Gasteiger partial charge in [-0.25, -0.2) is 0 Å². The van der Waals surface area contributed by atoms with Gasteiger partial charge in [-0.2, -0.15) is 0 Å². The van der Waals surface area contributed by atoms with Gasteiger partial charge in [-0.15, -0.1) is 0 Å². The van der Waals surface area contributed by atoms with E-state index < -0.39 is 0 Å². The van der Waals surface area contributed by atoms with Crippen LogP contribution in [0.1, 0.15) is 34.1 Å². The number of rotatable bonds is 8. The Balaban J connectivity index is 3.75. The second-order valence-corrected chi connectivity index (χ2v) is 5.50. The van der Waals surface area contributed by atoms with E-state index in [1.807, 2.05) is 6.92 Å². The quantitative estimate of drug-likeness (QED) is 0.645. The fourth-order valence-corrected chi connectivity index (χ4v) is 1.84. The Kier molecular flexibility index (Phi) is 7.98. The lowest BCUT2D eigenvalue weighted by molar-refractivity contribution is 0.118. The third-order valence-corrected chi connectivity index (χ3v) is 3.01. The smallest absolute Gasteiger partial charge is 0.0593 e. The highest BCUT2D eigenvalue weighted by Crippen LogP contribution is 2.21. The van der Waals surface area contributed by atoms with Gasteiger partial charge in [-0.1, -0.05) is 20.8 Å². The van der Waals surface area contributed by atoms with Crippen LogP contribution in [0.2, 0.25) is 0 Å². The number of hydrogen-bond donors (Lipinski definition) is 1. The van der Waals surface area contributed by atoms with Gasteiger partial charge < -0.3 is 15.0 Å². The minimum atomic E-state index is 0.329. The van der Waals surface area contributed by atoms with E-state index in [4.69, 9.17) is 4.74 Å². The van der Waals surface area contributed by atoms with Crippen LogP contribution in [-0.4, -0.2) is 51.3 Å². The van der Waals surface area contributed by atoms with Crippen molar-refractivity contribution in [2.75, 3.05) is 40.4 Å². The maximum Gasteiger partial charge on any atom is 0.0593 e. The van der Waals surface area contributed by atoms with Gasteiger partial charge >= 0.3 is 0 Å². The molecule has 0 heterocycles. The molecule has 0 aliphatic carbocycles. The van der Waals surface area contributed by atoms with Crippen molar-refractivity contribution in [3.05, 3.63) is 0 Å². The maximum absolute atomic E-state index is 5.35. The van der Waals surface area contributed by atoms with Crippen LogP contribution in [0.4, 0.5) is 0 Å². The van der Waals surface area contributed by atoms with Gasteiger partial charge in [0.25, 0.3) is 0 Å². The monoisotopic (exact) mass is 230 g/mol. The van der Waals surface area contributed by atoms with E-state index in [-0.39, 0.29) is 0 Å². The lowest BCUT2D eigenvalue weighted by Gasteiger charge is -2.31. The Morgan fingerprint density at radius 3 is 2.31 bits per heavy atom. The Bertz CT molecular complexity index is 166. The first-order valence-corrected chi connectivity index (χ1v) is 6.35. The molecule has 1 atom stereocenters. The second kappa shape index (κ2) is 8.04. The Morgan fingerprint density at radius 1 is 1.25 bits per heavy atom. The van der Waals surface area contributed by atoms with Crippen LogP contribution in [0.5, 0.6) is 0 Å². The third kappa shape index (κ3) is 7.20. The predicted octanol–water partition coefficient (Wildman–Crippen LogP) is 1.98. The van der Waals surface area contributed by atoms with Crippen LogP contribution in [0.15, 0.2) is 0 Å². The van der Waals surface area contributed by atoms with Crippen molar-refractivity contribution in [1.82, 2.24) is 10.2 Å². The molecular formula is C13H30N2O. The van der Waals surface area contributed by atoms with Crippen molar-refractivity contribution in [3.8, 4) is 0 Å². The molecule has 0 amide bonds. The molecule has 0 fully saturated rings. The summed E-state index contributed by atoms with van der Waals surface area (Å²) in [5.74, 6) is 0. The zero-order valence-corrected chi connectivity index (χ0v) is 12.0. The summed E-state index contributed by atoms with van der Waals surface area (Å²) in [7, 11) is 4.21. The van der Waals surface area contributed by atoms with Crippen LogP contribution >= 0.6 is 0 Å². The molecule has 98 valence electrons. The van der Waals surface area contributed by atoms with Gasteiger partial charge in [0.1, 0.15) is 0 Å². The summed E-state index contributed by atoms with van der Waals surface area (Å²) >= 11 is 0. The normalized spacial score (nSPS) is 14.4. The molecule has 0 bridgehead atoms. The topological polar surface area (TPSA) is 24.5 Å². The fraction of sp³-hybridized carbons (Fsp3) is 1.00. The number of nitrogens with zero attached hydrogens (tertiary/aromatic N) is 1.